The first-order chi connectivity index (χ1) is 22.3. The SMILES string of the molecule is CC(C)(C)OC(=O)N1CCC[C@@H](Cc2nccc(-c3cccnc3Oc3cc(F)c(NS(=O)(=O)Cc4ccccc4)c(F)c3F)n2)C1. The minimum atomic E-state index is -4.28. The van der Waals surface area contributed by atoms with E-state index in [-0.39, 0.29) is 17.9 Å². The predicted molar refractivity (Wildman–Crippen MR) is 169 cm³/mol. The van der Waals surface area contributed by atoms with Crippen molar-refractivity contribution in [2.75, 3.05) is 17.8 Å². The molecule has 4 aromatic rings. The summed E-state index contributed by atoms with van der Waals surface area (Å²) in [4.78, 5) is 27.4. The maximum absolute atomic E-state index is 15.2. The van der Waals surface area contributed by atoms with Gasteiger partial charge in [0.15, 0.2) is 17.4 Å². The zero-order valence-corrected chi connectivity index (χ0v) is 26.9. The van der Waals surface area contributed by atoms with Crippen LogP contribution in [0.15, 0.2) is 67.0 Å². The molecule has 2 aromatic carbocycles. The maximum Gasteiger partial charge on any atom is 0.410 e. The Morgan fingerprint density at radius 1 is 1.02 bits per heavy atom. The molecule has 1 aliphatic heterocycles. The van der Waals surface area contributed by atoms with Gasteiger partial charge in [-0.3, -0.25) is 4.72 Å². The minimum absolute atomic E-state index is 0.0832. The number of aromatic nitrogens is 3. The molecule has 2 aromatic heterocycles. The van der Waals surface area contributed by atoms with Gasteiger partial charge < -0.3 is 14.4 Å². The van der Waals surface area contributed by atoms with Crippen LogP contribution in [-0.4, -0.2) is 53.1 Å². The quantitative estimate of drug-likeness (QED) is 0.191. The number of hydrogen-bond donors (Lipinski definition) is 1. The Bertz CT molecular complexity index is 1860. The third kappa shape index (κ3) is 8.76. The highest BCUT2D eigenvalue weighted by molar-refractivity contribution is 7.91. The summed E-state index contributed by atoms with van der Waals surface area (Å²) in [5.74, 6) is -5.81. The van der Waals surface area contributed by atoms with Crippen LogP contribution in [0.25, 0.3) is 11.3 Å². The molecule has 1 amide bonds. The Balaban J connectivity index is 1.33. The zero-order valence-electron chi connectivity index (χ0n) is 26.0. The standard InChI is InChI=1S/C33H34F3N5O5S/c1-33(2,3)46-32(42)41-16-8-11-22(19-41)17-27-37-15-13-25(39-27)23-12-7-14-38-31(23)45-26-18-24(34)30(29(36)28(26)35)40-47(43,44)20-21-9-5-4-6-10-21/h4-7,9-10,12-15,18,22,40H,8,11,16-17,19-20H2,1-3H3/t22-/m0/s1. The van der Waals surface area contributed by atoms with Gasteiger partial charge in [0.1, 0.15) is 17.1 Å². The Kier molecular flexibility index (Phi) is 9.99. The number of pyridine rings is 1. The van der Waals surface area contributed by atoms with E-state index in [4.69, 9.17) is 9.47 Å². The Morgan fingerprint density at radius 2 is 1.79 bits per heavy atom. The molecule has 248 valence electrons. The number of nitrogens with zero attached hydrogens (tertiary/aromatic N) is 4. The van der Waals surface area contributed by atoms with Crippen LogP contribution < -0.4 is 9.46 Å². The van der Waals surface area contributed by atoms with Crippen molar-refractivity contribution in [3.8, 4) is 22.9 Å². The van der Waals surface area contributed by atoms with E-state index in [1.165, 1.54) is 18.3 Å². The van der Waals surface area contributed by atoms with E-state index in [2.05, 4.69) is 15.0 Å². The number of likely N-dealkylation sites (tertiary alicyclic amines) is 1. The van der Waals surface area contributed by atoms with E-state index in [1.807, 2.05) is 20.8 Å². The van der Waals surface area contributed by atoms with Gasteiger partial charge in [-0.2, -0.15) is 4.39 Å². The summed E-state index contributed by atoms with van der Waals surface area (Å²) in [6.07, 6.45) is 4.66. The van der Waals surface area contributed by atoms with E-state index < -0.39 is 50.3 Å². The highest BCUT2D eigenvalue weighted by Crippen LogP contribution is 2.36. The molecule has 0 aliphatic carbocycles. The van der Waals surface area contributed by atoms with Gasteiger partial charge in [-0.05, 0) is 63.3 Å². The number of nitrogens with one attached hydrogen (secondary N) is 1. The monoisotopic (exact) mass is 669 g/mol. The van der Waals surface area contributed by atoms with Crippen molar-refractivity contribution in [3.63, 3.8) is 0 Å². The number of halogens is 3. The molecule has 1 aliphatic rings. The van der Waals surface area contributed by atoms with Gasteiger partial charge in [0, 0.05) is 38.0 Å². The molecule has 0 unspecified atom stereocenters. The molecule has 1 N–H and O–H groups in total. The lowest BCUT2D eigenvalue weighted by atomic mass is 9.94. The van der Waals surface area contributed by atoms with Gasteiger partial charge in [0.2, 0.25) is 21.7 Å². The largest absolute Gasteiger partial charge is 0.444 e. The summed E-state index contributed by atoms with van der Waals surface area (Å²) in [7, 11) is -4.28. The third-order valence-electron chi connectivity index (χ3n) is 7.18. The van der Waals surface area contributed by atoms with Crippen LogP contribution in [0, 0.1) is 23.4 Å². The highest BCUT2D eigenvalue weighted by atomic mass is 32.2. The first-order valence-corrected chi connectivity index (χ1v) is 16.6. The van der Waals surface area contributed by atoms with Crippen molar-refractivity contribution < 1.29 is 35.9 Å². The van der Waals surface area contributed by atoms with E-state index in [9.17, 15) is 13.2 Å². The lowest BCUT2D eigenvalue weighted by Crippen LogP contribution is -2.43. The lowest BCUT2D eigenvalue weighted by molar-refractivity contribution is 0.0165. The Labute approximate surface area is 271 Å². The van der Waals surface area contributed by atoms with Gasteiger partial charge in [0.05, 0.1) is 17.0 Å². The average Bonchev–Trinajstić information content (AvgIpc) is 3.02. The number of ether oxygens (including phenoxy) is 2. The maximum atomic E-state index is 15.2. The number of carbonyl (C=O) groups is 1. The molecule has 1 saturated heterocycles. The van der Waals surface area contributed by atoms with Crippen molar-refractivity contribution in [2.45, 2.75) is 51.4 Å². The van der Waals surface area contributed by atoms with Crippen LogP contribution in [0.4, 0.5) is 23.7 Å². The van der Waals surface area contributed by atoms with E-state index in [1.54, 1.807) is 52.2 Å². The predicted octanol–water partition coefficient (Wildman–Crippen LogP) is 6.88. The fourth-order valence-electron chi connectivity index (χ4n) is 5.13. The van der Waals surface area contributed by atoms with Gasteiger partial charge >= 0.3 is 6.09 Å². The van der Waals surface area contributed by atoms with E-state index in [0.717, 1.165) is 12.8 Å². The zero-order chi connectivity index (χ0) is 33.8. The van der Waals surface area contributed by atoms with Crippen molar-refractivity contribution in [1.29, 1.82) is 0 Å². The molecule has 3 heterocycles. The number of amides is 1. The number of carbonyl (C=O) groups excluding carboxylic acids is 1. The fraction of sp³-hybridized carbons (Fsp3) is 0.333. The molecular formula is C33H34F3N5O5S. The molecule has 10 nitrogen and oxygen atoms in total. The van der Waals surface area contributed by atoms with Crippen LogP contribution in [0.3, 0.4) is 0 Å². The molecule has 0 spiro atoms. The molecule has 14 heteroatoms. The second-order valence-corrected chi connectivity index (χ2v) is 13.9. The first-order valence-electron chi connectivity index (χ1n) is 14.9. The Hall–Kier alpha value is -4.72. The Morgan fingerprint density at radius 3 is 2.53 bits per heavy atom. The molecule has 47 heavy (non-hydrogen) atoms. The highest BCUT2D eigenvalue weighted by Gasteiger charge is 2.29. The summed E-state index contributed by atoms with van der Waals surface area (Å²) in [6.45, 7) is 6.53. The number of piperidine rings is 1. The second kappa shape index (κ2) is 14.0. The summed E-state index contributed by atoms with van der Waals surface area (Å²) in [6, 6.07) is 13.3. The molecular weight excluding hydrogens is 635 g/mol. The molecule has 0 bridgehead atoms. The minimum Gasteiger partial charge on any atom is -0.444 e. The summed E-state index contributed by atoms with van der Waals surface area (Å²) in [5.41, 5.74) is -0.737. The smallest absolute Gasteiger partial charge is 0.410 e. The van der Waals surface area contributed by atoms with E-state index >= 15 is 13.2 Å². The summed E-state index contributed by atoms with van der Waals surface area (Å²) < 4.78 is 83.3. The van der Waals surface area contributed by atoms with Crippen LogP contribution in [0.5, 0.6) is 11.6 Å². The number of benzene rings is 2. The number of sulfonamides is 1. The van der Waals surface area contributed by atoms with Crippen LogP contribution in [0.1, 0.15) is 45.0 Å². The van der Waals surface area contributed by atoms with Gasteiger partial charge in [-0.15, -0.1) is 0 Å². The third-order valence-corrected chi connectivity index (χ3v) is 8.41. The molecule has 0 saturated carbocycles. The molecule has 5 rings (SSSR count). The normalized spacial score (nSPS) is 15.3. The van der Waals surface area contributed by atoms with Gasteiger partial charge in [-0.25, -0.2) is 36.9 Å². The van der Waals surface area contributed by atoms with Crippen molar-refractivity contribution in [2.24, 2.45) is 5.92 Å². The number of anilines is 1. The second-order valence-electron chi connectivity index (χ2n) is 12.2. The number of hydrogen-bond acceptors (Lipinski definition) is 8. The van der Waals surface area contributed by atoms with Crippen LogP contribution >= 0.6 is 0 Å². The van der Waals surface area contributed by atoms with Crippen LogP contribution in [0.2, 0.25) is 0 Å². The van der Waals surface area contributed by atoms with E-state index in [0.29, 0.717) is 48.2 Å². The fourth-order valence-corrected chi connectivity index (χ4v) is 6.33. The topological polar surface area (TPSA) is 124 Å². The summed E-state index contributed by atoms with van der Waals surface area (Å²) in [5, 5.41) is 0. The van der Waals surface area contributed by atoms with Gasteiger partial charge in [0.25, 0.3) is 0 Å². The summed E-state index contributed by atoms with van der Waals surface area (Å²) >= 11 is 0. The number of rotatable bonds is 9. The van der Waals surface area contributed by atoms with Crippen molar-refractivity contribution >= 4 is 21.8 Å². The first kappa shape index (κ1) is 33.6. The van der Waals surface area contributed by atoms with Crippen LogP contribution in [-0.2, 0) is 26.9 Å². The lowest BCUT2D eigenvalue weighted by Gasteiger charge is -2.34. The molecule has 1 atom stereocenters. The van der Waals surface area contributed by atoms with Gasteiger partial charge in [-0.1, -0.05) is 30.3 Å². The average molecular weight is 670 g/mol. The van der Waals surface area contributed by atoms with Crippen molar-refractivity contribution in [3.05, 3.63) is 95.8 Å². The van der Waals surface area contributed by atoms with Crippen molar-refractivity contribution in [1.82, 2.24) is 19.9 Å². The molecule has 0 radical (unpaired) electrons. The molecule has 1 fully saturated rings.